The first-order chi connectivity index (χ1) is 11.9. The Hall–Kier alpha value is -2.73. The van der Waals surface area contributed by atoms with Gasteiger partial charge in [-0.05, 0) is 48.0 Å². The minimum absolute atomic E-state index is 0.190. The lowest BCUT2D eigenvalue weighted by Crippen LogP contribution is -2.13. The summed E-state index contributed by atoms with van der Waals surface area (Å²) in [7, 11) is 0. The third-order valence-electron chi connectivity index (χ3n) is 3.13. The molecule has 0 saturated heterocycles. The van der Waals surface area contributed by atoms with E-state index in [0.717, 1.165) is 10.0 Å². The second-order valence-corrected chi connectivity index (χ2v) is 6.09. The Morgan fingerprint density at radius 2 is 1.84 bits per heavy atom. The summed E-state index contributed by atoms with van der Waals surface area (Å²) in [6.45, 7) is 1.06. The van der Waals surface area contributed by atoms with Crippen LogP contribution in [0.5, 0.6) is 0 Å². The molecule has 5 nitrogen and oxygen atoms in total. The van der Waals surface area contributed by atoms with E-state index in [0.29, 0.717) is 11.3 Å². The number of Topliss-reactive ketones (excluding diaryl/α,β-unsaturated/α-hetero) is 1. The Morgan fingerprint density at radius 3 is 2.48 bits per heavy atom. The molecule has 0 aliphatic heterocycles. The van der Waals surface area contributed by atoms with E-state index < -0.39 is 5.97 Å². The number of hydrogen-bond donors (Lipinski definition) is 1. The number of amides is 1. The van der Waals surface area contributed by atoms with Crippen molar-refractivity contribution in [3.05, 3.63) is 70.2 Å². The summed E-state index contributed by atoms with van der Waals surface area (Å²) in [5, 5.41) is 2.61. The van der Waals surface area contributed by atoms with Crippen molar-refractivity contribution >= 4 is 45.4 Å². The van der Waals surface area contributed by atoms with Crippen molar-refractivity contribution in [2.75, 3.05) is 11.9 Å². The molecule has 2 aromatic carbocycles. The number of rotatable bonds is 6. The maximum absolute atomic E-state index is 12.0. The van der Waals surface area contributed by atoms with E-state index >= 15 is 0 Å². The lowest BCUT2D eigenvalue weighted by Gasteiger charge is -2.04. The SMILES string of the molecule is CC(=O)Nc1ccc(C(=O)COC(=O)/C=C/c2cccc(Br)c2)cc1. The van der Waals surface area contributed by atoms with Crippen LogP contribution in [-0.2, 0) is 14.3 Å². The minimum atomic E-state index is -0.594. The third kappa shape index (κ3) is 6.35. The molecule has 0 heterocycles. The molecule has 128 valence electrons. The van der Waals surface area contributed by atoms with Crippen molar-refractivity contribution in [1.82, 2.24) is 0 Å². The van der Waals surface area contributed by atoms with Crippen molar-refractivity contribution < 1.29 is 19.1 Å². The third-order valence-corrected chi connectivity index (χ3v) is 3.63. The average Bonchev–Trinajstić information content (AvgIpc) is 2.58. The highest BCUT2D eigenvalue weighted by molar-refractivity contribution is 9.10. The zero-order valence-corrected chi connectivity index (χ0v) is 15.1. The molecule has 25 heavy (non-hydrogen) atoms. The van der Waals surface area contributed by atoms with Gasteiger partial charge >= 0.3 is 5.97 Å². The van der Waals surface area contributed by atoms with Gasteiger partial charge < -0.3 is 10.1 Å². The van der Waals surface area contributed by atoms with Crippen molar-refractivity contribution in [2.24, 2.45) is 0 Å². The van der Waals surface area contributed by atoms with Gasteiger partial charge in [0.15, 0.2) is 12.4 Å². The molecule has 0 bridgehead atoms. The largest absolute Gasteiger partial charge is 0.454 e. The molecule has 0 aromatic heterocycles. The molecule has 1 N–H and O–H groups in total. The fraction of sp³-hybridized carbons (Fsp3) is 0.105. The molecule has 1 amide bonds. The number of ether oxygens (including phenoxy) is 1. The fourth-order valence-corrected chi connectivity index (χ4v) is 2.40. The lowest BCUT2D eigenvalue weighted by molar-refractivity contribution is -0.136. The van der Waals surface area contributed by atoms with Crippen LogP contribution in [0.1, 0.15) is 22.8 Å². The van der Waals surface area contributed by atoms with Gasteiger partial charge in [-0.25, -0.2) is 4.79 Å². The second-order valence-electron chi connectivity index (χ2n) is 5.18. The van der Waals surface area contributed by atoms with Crippen LogP contribution < -0.4 is 5.32 Å². The molecule has 2 rings (SSSR count). The average molecular weight is 402 g/mol. The summed E-state index contributed by atoms with van der Waals surface area (Å²) in [4.78, 5) is 34.6. The fourth-order valence-electron chi connectivity index (χ4n) is 1.99. The van der Waals surface area contributed by atoms with Crippen molar-refractivity contribution in [3.8, 4) is 0 Å². The van der Waals surface area contributed by atoms with Crippen LogP contribution in [0, 0.1) is 0 Å². The second kappa shape index (κ2) is 8.94. The Bertz CT molecular complexity index is 812. The number of carbonyl (C=O) groups excluding carboxylic acids is 3. The number of benzene rings is 2. The number of esters is 1. The number of halogens is 1. The highest BCUT2D eigenvalue weighted by atomic mass is 79.9. The molecule has 6 heteroatoms. The maximum atomic E-state index is 12.0. The molecule has 0 aliphatic carbocycles. The Kier molecular flexibility index (Phi) is 6.65. The number of anilines is 1. The normalized spacial score (nSPS) is 10.5. The van der Waals surface area contributed by atoms with Gasteiger partial charge in [-0.1, -0.05) is 28.1 Å². The molecule has 0 radical (unpaired) electrons. The molecule has 0 saturated carbocycles. The van der Waals surface area contributed by atoms with E-state index in [1.165, 1.54) is 13.0 Å². The molecular weight excluding hydrogens is 386 g/mol. The van der Waals surface area contributed by atoms with Gasteiger partial charge in [-0.2, -0.15) is 0 Å². The Labute approximate surface area is 153 Å². The topological polar surface area (TPSA) is 72.5 Å². The standard InChI is InChI=1S/C19H16BrNO4/c1-13(22)21-17-8-6-15(7-9-17)18(23)12-25-19(24)10-5-14-3-2-4-16(20)11-14/h2-11H,12H2,1H3,(H,21,22)/b10-5+. The summed E-state index contributed by atoms with van der Waals surface area (Å²) in [5.74, 6) is -1.10. The van der Waals surface area contributed by atoms with Crippen LogP contribution in [0.4, 0.5) is 5.69 Å². The van der Waals surface area contributed by atoms with Crippen molar-refractivity contribution in [3.63, 3.8) is 0 Å². The highest BCUT2D eigenvalue weighted by Gasteiger charge is 2.08. The lowest BCUT2D eigenvalue weighted by atomic mass is 10.1. The summed E-state index contributed by atoms with van der Waals surface area (Å²) in [6.07, 6.45) is 2.88. The van der Waals surface area contributed by atoms with Gasteiger partial charge in [0, 0.05) is 28.7 Å². The zero-order valence-electron chi connectivity index (χ0n) is 13.5. The molecule has 0 aliphatic rings. The van der Waals surface area contributed by atoms with Gasteiger partial charge in [0.2, 0.25) is 5.91 Å². The predicted octanol–water partition coefficient (Wildman–Crippen LogP) is 3.85. The molecule has 2 aromatic rings. The van der Waals surface area contributed by atoms with Gasteiger partial charge in [-0.3, -0.25) is 9.59 Å². The van der Waals surface area contributed by atoms with Crippen LogP contribution in [0.3, 0.4) is 0 Å². The van der Waals surface area contributed by atoms with E-state index in [-0.39, 0.29) is 18.3 Å². The van der Waals surface area contributed by atoms with Crippen LogP contribution in [0.2, 0.25) is 0 Å². The predicted molar refractivity (Wildman–Crippen MR) is 99.2 cm³/mol. The first-order valence-corrected chi connectivity index (χ1v) is 8.24. The van der Waals surface area contributed by atoms with E-state index in [1.54, 1.807) is 30.3 Å². The van der Waals surface area contributed by atoms with Crippen LogP contribution in [0.25, 0.3) is 6.08 Å². The maximum Gasteiger partial charge on any atom is 0.331 e. The molecule has 0 fully saturated rings. The zero-order chi connectivity index (χ0) is 18.2. The van der Waals surface area contributed by atoms with E-state index in [9.17, 15) is 14.4 Å². The molecule has 0 unspecified atom stereocenters. The van der Waals surface area contributed by atoms with E-state index in [4.69, 9.17) is 4.74 Å². The molecular formula is C19H16BrNO4. The van der Waals surface area contributed by atoms with E-state index in [2.05, 4.69) is 21.2 Å². The highest BCUT2D eigenvalue weighted by Crippen LogP contribution is 2.13. The van der Waals surface area contributed by atoms with Crippen molar-refractivity contribution in [2.45, 2.75) is 6.92 Å². The Morgan fingerprint density at radius 1 is 1.12 bits per heavy atom. The van der Waals surface area contributed by atoms with Gasteiger partial charge in [-0.15, -0.1) is 0 Å². The number of nitrogens with one attached hydrogen (secondary N) is 1. The van der Waals surface area contributed by atoms with Gasteiger partial charge in [0.1, 0.15) is 0 Å². The van der Waals surface area contributed by atoms with Gasteiger partial charge in [0.05, 0.1) is 0 Å². The van der Waals surface area contributed by atoms with Crippen LogP contribution in [0.15, 0.2) is 59.1 Å². The smallest absolute Gasteiger partial charge is 0.331 e. The number of carbonyl (C=O) groups is 3. The first-order valence-electron chi connectivity index (χ1n) is 7.45. The molecule has 0 atom stereocenters. The molecule has 0 spiro atoms. The quantitative estimate of drug-likeness (QED) is 0.453. The number of hydrogen-bond acceptors (Lipinski definition) is 4. The van der Waals surface area contributed by atoms with E-state index in [1.807, 2.05) is 24.3 Å². The Balaban J connectivity index is 1.86. The monoisotopic (exact) mass is 401 g/mol. The summed E-state index contributed by atoms with van der Waals surface area (Å²) < 4.78 is 5.85. The summed E-state index contributed by atoms with van der Waals surface area (Å²) in [6, 6.07) is 13.8. The first kappa shape index (κ1) is 18.6. The van der Waals surface area contributed by atoms with Crippen LogP contribution >= 0.6 is 15.9 Å². The van der Waals surface area contributed by atoms with Gasteiger partial charge in [0.25, 0.3) is 0 Å². The van der Waals surface area contributed by atoms with Crippen molar-refractivity contribution in [1.29, 1.82) is 0 Å². The van der Waals surface area contributed by atoms with Crippen LogP contribution in [-0.4, -0.2) is 24.3 Å². The minimum Gasteiger partial charge on any atom is -0.454 e. The number of ketones is 1. The summed E-state index contributed by atoms with van der Waals surface area (Å²) >= 11 is 3.35. The summed E-state index contributed by atoms with van der Waals surface area (Å²) in [5.41, 5.74) is 1.84.